The van der Waals surface area contributed by atoms with E-state index in [9.17, 15) is 0 Å². The topological polar surface area (TPSA) is 0 Å². The van der Waals surface area contributed by atoms with Crippen LogP contribution >= 0.6 is 0 Å². The third-order valence-corrected chi connectivity index (χ3v) is 14.4. The van der Waals surface area contributed by atoms with Crippen molar-refractivity contribution in [3.8, 4) is 0 Å². The molecule has 5 heteroatoms. The Morgan fingerprint density at radius 2 is 0.857 bits per heavy atom. The van der Waals surface area contributed by atoms with Gasteiger partial charge in [0.15, 0.2) is 0 Å². The summed E-state index contributed by atoms with van der Waals surface area (Å²) in [6.45, 7) is 28.1. The van der Waals surface area contributed by atoms with Gasteiger partial charge in [-0.2, -0.15) is 0 Å². The summed E-state index contributed by atoms with van der Waals surface area (Å²) in [5, 5.41) is 6.18. The second-order valence-corrected chi connectivity index (χ2v) is 18.9. The molecule has 1 aliphatic rings. The summed E-state index contributed by atoms with van der Waals surface area (Å²) < 4.78 is 1.52. The van der Waals surface area contributed by atoms with Gasteiger partial charge >= 0.3 is 253 Å². The molecule has 0 spiro atoms. The second kappa shape index (κ2) is 13.9. The van der Waals surface area contributed by atoms with E-state index >= 15 is 0 Å². The standard InChI is InChI=1S/C37H47Si.3ClH.Ti/c1-24-15-25(2)18-32(17-24)38(35-28(5)13-14-29(35)6,33-19-26(3)16-27(4)20-33)34-22-30(36(7,8)9)21-31(23-34)37(10,11)12;;;;/h15-23H,13H2,1-12H3;3*1H;/q;;;;+3/p-3. The molecule has 0 bridgehead atoms. The van der Waals surface area contributed by atoms with E-state index in [2.05, 4.69) is 158 Å². The molecule has 0 radical (unpaired) electrons. The minimum Gasteiger partial charge on any atom is -1.00 e. The minimum absolute atomic E-state index is 0. The number of allylic oxidation sites excluding steroid dienone is 4. The van der Waals surface area contributed by atoms with Crippen molar-refractivity contribution in [2.45, 2.75) is 100 Å². The summed E-state index contributed by atoms with van der Waals surface area (Å²) >= 11 is 2.35. The number of benzene rings is 3. The monoisotopic (exact) mass is 672 g/mol. The van der Waals surface area contributed by atoms with Crippen LogP contribution in [0.3, 0.4) is 0 Å². The van der Waals surface area contributed by atoms with Gasteiger partial charge in [0, 0.05) is 0 Å². The van der Waals surface area contributed by atoms with Crippen LogP contribution in [-0.4, -0.2) is 8.07 Å². The first-order chi connectivity index (χ1) is 17.9. The molecular weight excluding hydrogens is 627 g/mol. The van der Waals surface area contributed by atoms with Crippen LogP contribution in [0, 0.1) is 27.7 Å². The van der Waals surface area contributed by atoms with Crippen molar-refractivity contribution < 1.29 is 57.7 Å². The quantitative estimate of drug-likeness (QED) is 0.249. The fourth-order valence-corrected chi connectivity index (χ4v) is 13.2. The van der Waals surface area contributed by atoms with Crippen LogP contribution in [0.15, 0.2) is 74.8 Å². The third-order valence-electron chi connectivity index (χ3n) is 8.48. The Balaban J connectivity index is 0.00000294. The predicted octanol–water partition coefficient (Wildman–Crippen LogP) is -0.922. The van der Waals surface area contributed by atoms with Crippen molar-refractivity contribution in [3.05, 3.63) is 108 Å². The summed E-state index contributed by atoms with van der Waals surface area (Å²) in [7, 11) is -2.68. The van der Waals surface area contributed by atoms with Crippen LogP contribution in [0.5, 0.6) is 0 Å². The first-order valence-electron chi connectivity index (χ1n) is 14.4. The first kappa shape index (κ1) is 39.0. The van der Waals surface area contributed by atoms with E-state index in [1.165, 1.54) is 58.4 Å². The van der Waals surface area contributed by atoms with Crippen molar-refractivity contribution in [1.82, 2.24) is 0 Å². The molecule has 0 atom stereocenters. The molecule has 3 aromatic rings. The number of aryl methyl sites for hydroxylation is 4. The molecule has 0 saturated carbocycles. The van der Waals surface area contributed by atoms with Gasteiger partial charge in [-0.25, -0.2) is 0 Å². The van der Waals surface area contributed by atoms with Crippen molar-refractivity contribution in [3.63, 3.8) is 0 Å². The summed E-state index contributed by atoms with van der Waals surface area (Å²) in [5.74, 6) is 0. The molecule has 0 saturated heterocycles. The molecule has 0 heterocycles. The average molecular weight is 674 g/mol. The Bertz CT molecular complexity index is 1390. The fraction of sp³-hybridized carbons (Fsp3) is 0.405. The van der Waals surface area contributed by atoms with Gasteiger partial charge in [-0.1, -0.05) is 0 Å². The van der Waals surface area contributed by atoms with Gasteiger partial charge in [-0.05, 0) is 0 Å². The van der Waals surface area contributed by atoms with Gasteiger partial charge in [0.2, 0.25) is 0 Å². The third kappa shape index (κ3) is 7.42. The molecule has 42 heavy (non-hydrogen) atoms. The second-order valence-electron chi connectivity index (χ2n) is 14.2. The number of rotatable bonds is 4. The van der Waals surface area contributed by atoms with Crippen LogP contribution in [0.25, 0.3) is 0 Å². The number of halogens is 3. The van der Waals surface area contributed by atoms with E-state index in [4.69, 9.17) is 0 Å². The zero-order valence-corrected chi connectivity index (χ0v) is 32.4. The van der Waals surface area contributed by atoms with Crippen molar-refractivity contribution in [2.75, 3.05) is 0 Å². The van der Waals surface area contributed by atoms with Crippen LogP contribution in [0.1, 0.15) is 95.2 Å². The van der Waals surface area contributed by atoms with E-state index < -0.39 is 8.07 Å². The van der Waals surface area contributed by atoms with Gasteiger partial charge in [0.25, 0.3) is 0 Å². The van der Waals surface area contributed by atoms with E-state index in [0.717, 1.165) is 6.42 Å². The Morgan fingerprint density at radius 3 is 1.14 bits per heavy atom. The molecule has 4 rings (SSSR count). The van der Waals surface area contributed by atoms with Crippen molar-refractivity contribution >= 4 is 23.6 Å². The molecule has 0 unspecified atom stereocenters. The zero-order chi connectivity index (χ0) is 29.1. The first-order valence-corrected chi connectivity index (χ1v) is 17.2. The Morgan fingerprint density at radius 1 is 0.524 bits per heavy atom. The van der Waals surface area contributed by atoms with Crippen molar-refractivity contribution in [2.24, 2.45) is 0 Å². The minimum atomic E-state index is -2.68. The average Bonchev–Trinajstić information content (AvgIpc) is 3.04. The SMILES string of the molecule is CC1=C([Si](c2cc(C)cc(C)c2)(c2cc(C)cc(C)c2)c2cc(C(C)(C)C)cc(C(C)(C)C)c2)C(C)=[C]([Ti+3])C1.[Cl-].[Cl-].[Cl-]. The molecule has 0 aliphatic heterocycles. The van der Waals surface area contributed by atoms with Gasteiger partial charge < -0.3 is 37.2 Å². The van der Waals surface area contributed by atoms with E-state index in [1.807, 2.05) is 0 Å². The number of hydrogen-bond donors (Lipinski definition) is 0. The summed E-state index contributed by atoms with van der Waals surface area (Å²) in [4.78, 5) is 0. The summed E-state index contributed by atoms with van der Waals surface area (Å²) in [6, 6.07) is 22.4. The van der Waals surface area contributed by atoms with Gasteiger partial charge in [0.05, 0.1) is 0 Å². The molecule has 224 valence electrons. The molecule has 0 fully saturated rings. The van der Waals surface area contributed by atoms with Gasteiger partial charge in [0.1, 0.15) is 0 Å². The van der Waals surface area contributed by atoms with Crippen LogP contribution in [0.4, 0.5) is 0 Å². The maximum Gasteiger partial charge on any atom is -1.00 e. The van der Waals surface area contributed by atoms with Gasteiger partial charge in [-0.3, -0.25) is 0 Å². The van der Waals surface area contributed by atoms with Crippen molar-refractivity contribution in [1.29, 1.82) is 0 Å². The summed E-state index contributed by atoms with van der Waals surface area (Å²) in [6.07, 6.45) is 1.08. The van der Waals surface area contributed by atoms with Crippen LogP contribution in [0.2, 0.25) is 0 Å². The molecule has 3 aromatic carbocycles. The molecular formula is C37H47Cl3SiTi. The number of hydrogen-bond acceptors (Lipinski definition) is 0. The smallest absolute Gasteiger partial charge is 1.00 e. The molecule has 0 nitrogen and oxygen atoms in total. The molecule has 0 aromatic heterocycles. The maximum absolute atomic E-state index is 2.68. The normalized spacial score (nSPS) is 14.0. The molecule has 0 N–H and O–H groups in total. The van der Waals surface area contributed by atoms with E-state index in [0.29, 0.717) is 0 Å². The van der Waals surface area contributed by atoms with E-state index in [-0.39, 0.29) is 48.1 Å². The maximum atomic E-state index is 2.60. The summed E-state index contributed by atoms with van der Waals surface area (Å²) in [5.41, 5.74) is 11.4. The van der Waals surface area contributed by atoms with E-state index in [1.54, 1.807) is 10.8 Å². The largest absolute Gasteiger partial charge is 1.00 e. The Hall–Kier alpha value is -1.06. The zero-order valence-electron chi connectivity index (χ0n) is 27.5. The molecule has 0 amide bonds. The Kier molecular flexibility index (Phi) is 12.9. The van der Waals surface area contributed by atoms with Crippen LogP contribution in [-0.2, 0) is 31.3 Å². The molecule has 1 aliphatic carbocycles. The van der Waals surface area contributed by atoms with Gasteiger partial charge in [-0.15, -0.1) is 0 Å². The van der Waals surface area contributed by atoms with Crippen LogP contribution < -0.4 is 52.8 Å². The predicted molar refractivity (Wildman–Crippen MR) is 170 cm³/mol. The Labute approximate surface area is 287 Å². The fourth-order valence-electron chi connectivity index (χ4n) is 6.58.